The summed E-state index contributed by atoms with van der Waals surface area (Å²) in [6.07, 6.45) is 3.37. The molecule has 1 aromatic carbocycles. The Morgan fingerprint density at radius 3 is 3.03 bits per heavy atom. The molecule has 2 N–H and O–H groups in total. The number of hydrogen-bond donors (Lipinski definition) is 2. The van der Waals surface area contributed by atoms with Gasteiger partial charge in [-0.3, -0.25) is 4.79 Å². The first kappa shape index (κ1) is 19.8. The zero-order valence-electron chi connectivity index (χ0n) is 17.4. The number of benzene rings is 1. The Kier molecular flexibility index (Phi) is 4.94. The number of para-hydroxylation sites is 1. The molecule has 1 saturated carbocycles. The molecule has 160 valence electrons. The third-order valence-corrected chi connectivity index (χ3v) is 6.70. The van der Waals surface area contributed by atoms with Crippen LogP contribution < -0.4 is 5.32 Å². The summed E-state index contributed by atoms with van der Waals surface area (Å²) >= 11 is 0. The van der Waals surface area contributed by atoms with Crippen molar-refractivity contribution in [2.45, 2.75) is 50.6 Å². The van der Waals surface area contributed by atoms with Crippen LogP contribution in [0.3, 0.4) is 0 Å². The van der Waals surface area contributed by atoms with Gasteiger partial charge in [-0.25, -0.2) is 0 Å². The molecule has 3 aliphatic heterocycles. The number of ether oxygens (including phenoxy) is 4. The van der Waals surface area contributed by atoms with Crippen LogP contribution in [0.15, 0.2) is 42.6 Å². The molecule has 7 nitrogen and oxygen atoms in total. The largest absolute Gasteiger partial charge is 0.433 e. The molecule has 3 saturated heterocycles. The molecule has 4 heterocycles. The van der Waals surface area contributed by atoms with Crippen molar-refractivity contribution >= 4 is 16.9 Å². The van der Waals surface area contributed by atoms with Crippen molar-refractivity contribution in [2.75, 3.05) is 13.7 Å². The first-order chi connectivity index (χ1) is 14.5. The molecule has 0 radical (unpaired) electrons. The van der Waals surface area contributed by atoms with E-state index in [-0.39, 0.29) is 23.8 Å². The highest BCUT2D eigenvalue weighted by Crippen LogP contribution is 2.56. The van der Waals surface area contributed by atoms with Crippen LogP contribution in [0.2, 0.25) is 0 Å². The second-order valence-electron chi connectivity index (χ2n) is 8.50. The SMILES string of the molecule is C=C1[C@@H]2O[C@@H](OC)[C@H]3[C@H]1C[C@H](NCCc1c[nH]c4ccccc14)C[C@]3(OC(C)=O)O2. The van der Waals surface area contributed by atoms with Crippen molar-refractivity contribution in [3.63, 3.8) is 0 Å². The number of rotatable bonds is 6. The van der Waals surface area contributed by atoms with E-state index >= 15 is 0 Å². The van der Waals surface area contributed by atoms with Crippen LogP contribution in [0.5, 0.6) is 0 Å². The molecule has 0 amide bonds. The quantitative estimate of drug-likeness (QED) is 0.561. The Bertz CT molecular complexity index is 971. The van der Waals surface area contributed by atoms with Crippen LogP contribution in [-0.2, 0) is 30.2 Å². The van der Waals surface area contributed by atoms with Crippen molar-refractivity contribution in [1.29, 1.82) is 0 Å². The number of hydrogen-bond acceptors (Lipinski definition) is 6. The van der Waals surface area contributed by atoms with Crippen LogP contribution in [0.1, 0.15) is 25.3 Å². The first-order valence-corrected chi connectivity index (χ1v) is 10.5. The van der Waals surface area contributed by atoms with E-state index in [0.29, 0.717) is 6.42 Å². The zero-order valence-corrected chi connectivity index (χ0v) is 17.4. The molecule has 0 spiro atoms. The molecular formula is C23H28N2O5. The van der Waals surface area contributed by atoms with Crippen LogP contribution in [0.4, 0.5) is 0 Å². The van der Waals surface area contributed by atoms with Crippen molar-refractivity contribution in [3.8, 4) is 0 Å². The third-order valence-electron chi connectivity index (χ3n) is 6.70. The van der Waals surface area contributed by atoms with Crippen LogP contribution in [0, 0.1) is 11.8 Å². The molecule has 4 bridgehead atoms. The fourth-order valence-corrected chi connectivity index (χ4v) is 5.47. The van der Waals surface area contributed by atoms with E-state index in [4.69, 9.17) is 18.9 Å². The molecule has 0 unspecified atom stereocenters. The van der Waals surface area contributed by atoms with Crippen molar-refractivity contribution < 1.29 is 23.7 Å². The number of esters is 1. The normalized spacial score (nSPS) is 35.0. The van der Waals surface area contributed by atoms with Gasteiger partial charge >= 0.3 is 5.97 Å². The molecular weight excluding hydrogens is 384 g/mol. The number of fused-ring (bicyclic) bond motifs is 2. The van der Waals surface area contributed by atoms with E-state index in [1.165, 1.54) is 17.9 Å². The van der Waals surface area contributed by atoms with E-state index in [1.807, 2.05) is 6.07 Å². The average molecular weight is 412 g/mol. The van der Waals surface area contributed by atoms with Gasteiger partial charge in [-0.1, -0.05) is 24.8 Å². The fourth-order valence-electron chi connectivity index (χ4n) is 5.47. The number of nitrogens with one attached hydrogen (secondary N) is 2. The van der Waals surface area contributed by atoms with Gasteiger partial charge in [-0.15, -0.1) is 0 Å². The van der Waals surface area contributed by atoms with Gasteiger partial charge in [0.1, 0.15) is 0 Å². The standard InChI is InChI=1S/C23H28N2O5/c1-13-18-10-16(24-9-8-15-12-25-19-7-5-4-6-17(15)19)11-23(29-14(2)26)20(18)22(27-3)28-21(13)30-23/h4-7,12,16,18,20-22,24-25H,1,8-11H2,2-3H3/t16-,18-,20+,21+,22+,23-/m0/s1. The van der Waals surface area contributed by atoms with Crippen LogP contribution in [-0.4, -0.2) is 49.0 Å². The van der Waals surface area contributed by atoms with Gasteiger partial charge < -0.3 is 29.2 Å². The third kappa shape index (κ3) is 3.17. The van der Waals surface area contributed by atoms with Gasteiger partial charge in [0.05, 0.1) is 5.92 Å². The minimum Gasteiger partial charge on any atom is -0.433 e. The van der Waals surface area contributed by atoms with Gasteiger partial charge in [0.2, 0.25) is 5.79 Å². The molecule has 7 heteroatoms. The van der Waals surface area contributed by atoms with E-state index in [2.05, 4.69) is 41.3 Å². The summed E-state index contributed by atoms with van der Waals surface area (Å²) in [7, 11) is 1.61. The highest BCUT2D eigenvalue weighted by Gasteiger charge is 2.65. The maximum atomic E-state index is 11.9. The van der Waals surface area contributed by atoms with Gasteiger partial charge in [0, 0.05) is 43.6 Å². The van der Waals surface area contributed by atoms with Gasteiger partial charge in [0.15, 0.2) is 12.6 Å². The fraction of sp³-hybridized carbons (Fsp3) is 0.522. The minimum absolute atomic E-state index is 0.112. The lowest BCUT2D eigenvalue weighted by Gasteiger charge is -2.60. The highest BCUT2D eigenvalue weighted by atomic mass is 16.8. The molecule has 2 aromatic rings. The van der Waals surface area contributed by atoms with Crippen molar-refractivity contribution in [1.82, 2.24) is 10.3 Å². The number of H-pyrrole nitrogens is 1. The molecule has 6 rings (SSSR count). The topological polar surface area (TPSA) is 81.8 Å². The summed E-state index contributed by atoms with van der Waals surface area (Å²) < 4.78 is 23.3. The van der Waals surface area contributed by atoms with Crippen molar-refractivity contribution in [3.05, 3.63) is 48.2 Å². The highest BCUT2D eigenvalue weighted by molar-refractivity contribution is 5.83. The molecule has 4 fully saturated rings. The lowest BCUT2D eigenvalue weighted by Crippen LogP contribution is -2.70. The van der Waals surface area contributed by atoms with Gasteiger partial charge in [0.25, 0.3) is 0 Å². The Morgan fingerprint density at radius 1 is 1.40 bits per heavy atom. The smallest absolute Gasteiger partial charge is 0.305 e. The number of methoxy groups -OCH3 is 1. The summed E-state index contributed by atoms with van der Waals surface area (Å²) in [6, 6.07) is 8.47. The molecule has 1 aliphatic carbocycles. The monoisotopic (exact) mass is 412 g/mol. The van der Waals surface area contributed by atoms with Gasteiger partial charge in [-0.2, -0.15) is 0 Å². The lowest BCUT2D eigenvalue weighted by molar-refractivity contribution is -0.439. The summed E-state index contributed by atoms with van der Waals surface area (Å²) in [6.45, 7) is 6.45. The number of carbonyl (C=O) groups excluding carboxylic acids is 1. The predicted molar refractivity (Wildman–Crippen MR) is 110 cm³/mol. The molecule has 30 heavy (non-hydrogen) atoms. The second kappa shape index (κ2) is 7.50. The number of aromatic nitrogens is 1. The Labute approximate surface area is 175 Å². The zero-order chi connectivity index (χ0) is 20.9. The lowest BCUT2D eigenvalue weighted by atomic mass is 9.66. The van der Waals surface area contributed by atoms with Crippen LogP contribution in [0.25, 0.3) is 10.9 Å². The van der Waals surface area contributed by atoms with E-state index in [1.54, 1.807) is 7.11 Å². The van der Waals surface area contributed by atoms with Crippen LogP contribution >= 0.6 is 0 Å². The molecule has 1 aromatic heterocycles. The maximum absolute atomic E-state index is 11.9. The van der Waals surface area contributed by atoms with E-state index in [9.17, 15) is 4.79 Å². The molecule has 4 aliphatic rings. The predicted octanol–water partition coefficient (Wildman–Crippen LogP) is 2.87. The summed E-state index contributed by atoms with van der Waals surface area (Å²) in [5.74, 6) is -1.50. The Balaban J connectivity index is 1.31. The average Bonchev–Trinajstić information content (AvgIpc) is 3.13. The van der Waals surface area contributed by atoms with E-state index < -0.39 is 18.4 Å². The summed E-state index contributed by atoms with van der Waals surface area (Å²) in [4.78, 5) is 15.3. The Morgan fingerprint density at radius 2 is 2.23 bits per heavy atom. The number of aromatic amines is 1. The van der Waals surface area contributed by atoms with Gasteiger partial charge in [-0.05, 0) is 42.5 Å². The first-order valence-electron chi connectivity index (χ1n) is 10.5. The van der Waals surface area contributed by atoms with E-state index in [0.717, 1.165) is 30.5 Å². The summed E-state index contributed by atoms with van der Waals surface area (Å²) in [5.41, 5.74) is 3.34. The Hall–Kier alpha value is -2.19. The number of carbonyl (C=O) groups is 1. The summed E-state index contributed by atoms with van der Waals surface area (Å²) in [5, 5.41) is 4.91. The molecule has 6 atom stereocenters. The maximum Gasteiger partial charge on any atom is 0.305 e. The van der Waals surface area contributed by atoms with Crippen molar-refractivity contribution in [2.24, 2.45) is 11.8 Å². The second-order valence-corrected chi connectivity index (χ2v) is 8.50. The minimum atomic E-state index is -1.04.